The molecule has 1 aromatic heterocycles. The van der Waals surface area contributed by atoms with Crippen molar-refractivity contribution in [2.75, 3.05) is 12.4 Å². The summed E-state index contributed by atoms with van der Waals surface area (Å²) in [5, 5.41) is 4.81. The van der Waals surface area contributed by atoms with E-state index in [1.165, 1.54) is 42.4 Å². The highest BCUT2D eigenvalue weighted by atomic mass is 35.5. The number of nitrogens with one attached hydrogen (secondary N) is 1. The third-order valence-corrected chi connectivity index (χ3v) is 5.57. The van der Waals surface area contributed by atoms with Gasteiger partial charge in [0.25, 0.3) is 5.91 Å². The first kappa shape index (κ1) is 18.2. The minimum atomic E-state index is -1.21. The maximum Gasteiger partial charge on any atom is 0.341 e. The number of fused-ring (bicyclic) bond motifs is 1. The number of amides is 1. The number of hydrogen-bond donors (Lipinski definition) is 1. The molecular weight excluding hydrogens is 381 g/mol. The molecular formula is C18H17Cl2NO3S. The smallest absolute Gasteiger partial charge is 0.341 e. The second-order valence-electron chi connectivity index (χ2n) is 5.83. The van der Waals surface area contributed by atoms with Gasteiger partial charge in [-0.05, 0) is 42.4 Å². The molecule has 0 bridgehead atoms. The summed E-state index contributed by atoms with van der Waals surface area (Å²) in [6.07, 6.45) is 4.53. The molecule has 0 atom stereocenters. The van der Waals surface area contributed by atoms with E-state index >= 15 is 0 Å². The van der Waals surface area contributed by atoms with Crippen molar-refractivity contribution in [3.05, 3.63) is 40.3 Å². The van der Waals surface area contributed by atoms with Crippen molar-refractivity contribution in [1.82, 2.24) is 0 Å². The van der Waals surface area contributed by atoms with Gasteiger partial charge in [0, 0.05) is 10.9 Å². The van der Waals surface area contributed by atoms with Gasteiger partial charge < -0.3 is 10.1 Å². The van der Waals surface area contributed by atoms with Gasteiger partial charge in [-0.2, -0.15) is 0 Å². The average molecular weight is 398 g/mol. The molecule has 0 saturated heterocycles. The molecule has 1 aliphatic carbocycles. The maximum absolute atomic E-state index is 12.3. The van der Waals surface area contributed by atoms with Gasteiger partial charge in [-0.3, -0.25) is 4.79 Å². The minimum absolute atomic E-state index is 0.325. The Hall–Kier alpha value is -1.56. The summed E-state index contributed by atoms with van der Waals surface area (Å²) < 4.78 is 4.90. The van der Waals surface area contributed by atoms with Gasteiger partial charge in [0.2, 0.25) is 0 Å². The topological polar surface area (TPSA) is 55.4 Å². The van der Waals surface area contributed by atoms with Crippen LogP contribution in [0.2, 0.25) is 0 Å². The first-order valence-electron chi connectivity index (χ1n) is 7.92. The number of aryl methyl sites for hydroxylation is 2. The molecule has 4 nitrogen and oxygen atoms in total. The number of alkyl halides is 2. The first-order valence-corrected chi connectivity index (χ1v) is 9.67. The summed E-state index contributed by atoms with van der Waals surface area (Å²) in [7, 11) is 1.31. The lowest BCUT2D eigenvalue weighted by Gasteiger charge is -2.16. The molecule has 0 saturated carbocycles. The third-order valence-electron chi connectivity index (χ3n) is 4.27. The van der Waals surface area contributed by atoms with Crippen molar-refractivity contribution in [3.8, 4) is 11.1 Å². The number of benzene rings is 1. The fourth-order valence-electron chi connectivity index (χ4n) is 3.03. The molecule has 25 heavy (non-hydrogen) atoms. The lowest BCUT2D eigenvalue weighted by Crippen LogP contribution is -2.19. The zero-order chi connectivity index (χ0) is 18.0. The monoisotopic (exact) mass is 397 g/mol. The van der Waals surface area contributed by atoms with E-state index in [4.69, 9.17) is 27.9 Å². The van der Waals surface area contributed by atoms with E-state index in [9.17, 15) is 9.59 Å². The van der Waals surface area contributed by atoms with Crippen molar-refractivity contribution in [2.24, 2.45) is 0 Å². The number of methoxy groups -OCH3 is 1. The molecule has 7 heteroatoms. The third kappa shape index (κ3) is 3.84. The standard InChI is InChI=1S/C18H17Cl2NO3S/c1-24-18(23)14-13(9-25-17(14)21-16(22)15(19)20)12-7-6-10-4-2-3-5-11(10)8-12/h6-9,15H,2-5H2,1H3,(H,21,22). The van der Waals surface area contributed by atoms with Crippen LogP contribution >= 0.6 is 34.5 Å². The summed E-state index contributed by atoms with van der Waals surface area (Å²) in [4.78, 5) is 22.9. The van der Waals surface area contributed by atoms with Crippen molar-refractivity contribution >= 4 is 51.4 Å². The van der Waals surface area contributed by atoms with Crippen LogP contribution in [0, 0.1) is 0 Å². The van der Waals surface area contributed by atoms with Crippen LogP contribution in [0.3, 0.4) is 0 Å². The van der Waals surface area contributed by atoms with Gasteiger partial charge >= 0.3 is 5.97 Å². The number of rotatable bonds is 4. The molecule has 1 N–H and O–H groups in total. The summed E-state index contributed by atoms with van der Waals surface area (Å²) >= 11 is 12.4. The molecule has 0 spiro atoms. The Bertz CT molecular complexity index is 817. The molecule has 0 unspecified atom stereocenters. The highest BCUT2D eigenvalue weighted by Crippen LogP contribution is 2.38. The molecule has 1 aromatic carbocycles. The van der Waals surface area contributed by atoms with Crippen LogP contribution in [-0.4, -0.2) is 23.8 Å². The SMILES string of the molecule is COC(=O)c1c(-c2ccc3c(c2)CCCC3)csc1NC(=O)C(Cl)Cl. The fourth-order valence-corrected chi connectivity index (χ4v) is 4.10. The lowest BCUT2D eigenvalue weighted by atomic mass is 9.89. The Kier molecular flexibility index (Phi) is 5.67. The van der Waals surface area contributed by atoms with Gasteiger partial charge in [-0.25, -0.2) is 4.79 Å². The van der Waals surface area contributed by atoms with E-state index in [0.717, 1.165) is 24.0 Å². The van der Waals surface area contributed by atoms with Crippen molar-refractivity contribution in [2.45, 2.75) is 30.5 Å². The van der Waals surface area contributed by atoms with Crippen LogP contribution in [0.5, 0.6) is 0 Å². The largest absolute Gasteiger partial charge is 0.465 e. The maximum atomic E-state index is 12.3. The Morgan fingerprint density at radius 1 is 1.20 bits per heavy atom. The summed E-state index contributed by atoms with van der Waals surface area (Å²) in [6.45, 7) is 0. The van der Waals surface area contributed by atoms with Gasteiger partial charge in [-0.15, -0.1) is 11.3 Å². The number of carbonyl (C=O) groups excluding carboxylic acids is 2. The molecule has 1 heterocycles. The summed E-state index contributed by atoms with van der Waals surface area (Å²) in [5.41, 5.74) is 4.68. The number of anilines is 1. The van der Waals surface area contributed by atoms with E-state index in [2.05, 4.69) is 17.4 Å². The van der Waals surface area contributed by atoms with Crippen molar-refractivity contribution in [3.63, 3.8) is 0 Å². The molecule has 1 amide bonds. The number of ether oxygens (including phenoxy) is 1. The van der Waals surface area contributed by atoms with Gasteiger partial charge in [0.1, 0.15) is 10.6 Å². The van der Waals surface area contributed by atoms with E-state index in [0.29, 0.717) is 10.6 Å². The quantitative estimate of drug-likeness (QED) is 0.593. The predicted octanol–water partition coefficient (Wildman–Crippen LogP) is 4.82. The minimum Gasteiger partial charge on any atom is -0.465 e. The fraction of sp³-hybridized carbons (Fsp3) is 0.333. The summed E-state index contributed by atoms with van der Waals surface area (Å²) in [6, 6.07) is 6.25. The van der Waals surface area contributed by atoms with E-state index in [-0.39, 0.29) is 0 Å². The second-order valence-corrected chi connectivity index (χ2v) is 7.80. The Morgan fingerprint density at radius 3 is 2.60 bits per heavy atom. The van der Waals surface area contributed by atoms with Gasteiger partial charge in [-0.1, -0.05) is 41.4 Å². The van der Waals surface area contributed by atoms with Crippen LogP contribution in [0.1, 0.15) is 34.3 Å². The zero-order valence-corrected chi connectivity index (χ0v) is 15.9. The normalized spacial score (nSPS) is 13.4. The van der Waals surface area contributed by atoms with Crippen LogP contribution in [0.25, 0.3) is 11.1 Å². The zero-order valence-electron chi connectivity index (χ0n) is 13.6. The number of esters is 1. The molecule has 0 aliphatic heterocycles. The Balaban J connectivity index is 2.02. The van der Waals surface area contributed by atoms with Crippen molar-refractivity contribution in [1.29, 1.82) is 0 Å². The number of halogens is 2. The number of carbonyl (C=O) groups is 2. The average Bonchev–Trinajstić information content (AvgIpc) is 3.04. The summed E-state index contributed by atoms with van der Waals surface area (Å²) in [5.74, 6) is -1.09. The van der Waals surface area contributed by atoms with Crippen LogP contribution in [-0.2, 0) is 22.4 Å². The molecule has 1 aliphatic rings. The van der Waals surface area contributed by atoms with Crippen LogP contribution < -0.4 is 5.32 Å². The second kappa shape index (κ2) is 7.77. The first-order chi connectivity index (χ1) is 12.0. The molecule has 0 fully saturated rings. The Labute approximate surface area is 160 Å². The van der Waals surface area contributed by atoms with E-state index in [1.54, 1.807) is 0 Å². The highest BCUT2D eigenvalue weighted by Gasteiger charge is 2.24. The van der Waals surface area contributed by atoms with Crippen LogP contribution in [0.15, 0.2) is 23.6 Å². The number of hydrogen-bond acceptors (Lipinski definition) is 4. The molecule has 2 aromatic rings. The van der Waals surface area contributed by atoms with Crippen LogP contribution in [0.4, 0.5) is 5.00 Å². The van der Waals surface area contributed by atoms with E-state index < -0.39 is 16.7 Å². The lowest BCUT2D eigenvalue weighted by molar-refractivity contribution is -0.114. The highest BCUT2D eigenvalue weighted by molar-refractivity contribution is 7.15. The molecule has 3 rings (SSSR count). The number of thiophene rings is 1. The van der Waals surface area contributed by atoms with Gasteiger partial charge in [0.15, 0.2) is 4.84 Å². The van der Waals surface area contributed by atoms with E-state index in [1.807, 2.05) is 11.4 Å². The predicted molar refractivity (Wildman–Crippen MR) is 102 cm³/mol. The molecule has 132 valence electrons. The molecule has 0 radical (unpaired) electrons. The Morgan fingerprint density at radius 2 is 1.92 bits per heavy atom. The van der Waals surface area contributed by atoms with Crippen molar-refractivity contribution < 1.29 is 14.3 Å². The van der Waals surface area contributed by atoms with Gasteiger partial charge in [0.05, 0.1) is 7.11 Å².